The van der Waals surface area contributed by atoms with Gasteiger partial charge in [-0.15, -0.1) is 0 Å². The van der Waals surface area contributed by atoms with E-state index in [0.29, 0.717) is 39.5 Å². The van der Waals surface area contributed by atoms with Gasteiger partial charge in [0.1, 0.15) is 11.6 Å². The summed E-state index contributed by atoms with van der Waals surface area (Å²) in [7, 11) is 1.84. The Balaban J connectivity index is 0.000000426. The van der Waals surface area contributed by atoms with Crippen molar-refractivity contribution in [2.75, 3.05) is 18.0 Å². The first-order chi connectivity index (χ1) is 17.8. The Morgan fingerprint density at radius 1 is 1.21 bits per heavy atom. The minimum atomic E-state index is -5.08. The number of carboxylic acids is 1. The second-order valence-corrected chi connectivity index (χ2v) is 9.51. The maximum absolute atomic E-state index is 10.6. The van der Waals surface area contributed by atoms with Crippen molar-refractivity contribution in [3.63, 3.8) is 0 Å². The molecule has 2 atom stereocenters. The average molecular weight is 546 g/mol. The Labute approximate surface area is 220 Å². The average Bonchev–Trinajstić information content (AvgIpc) is 3.22. The molecule has 1 aliphatic rings. The lowest BCUT2D eigenvalue weighted by Crippen LogP contribution is -2.54. The normalized spacial score (nSPS) is 17.7. The molecule has 0 spiro atoms. The van der Waals surface area contributed by atoms with Crippen molar-refractivity contribution in [2.24, 2.45) is 7.05 Å². The summed E-state index contributed by atoms with van der Waals surface area (Å²) < 4.78 is 33.4. The van der Waals surface area contributed by atoms with E-state index < -0.39 is 12.1 Å². The number of nitriles is 1. The number of pyridine rings is 2. The minimum absolute atomic E-state index is 0.409. The highest BCUT2D eigenvalue weighted by Crippen LogP contribution is 2.32. The Hall–Kier alpha value is -3.95. The summed E-state index contributed by atoms with van der Waals surface area (Å²) in [6.45, 7) is 6.21. The van der Waals surface area contributed by atoms with Crippen LogP contribution < -0.4 is 10.2 Å². The molecule has 0 radical (unpaired) electrons. The molecule has 0 aliphatic carbocycles. The van der Waals surface area contributed by atoms with E-state index in [1.807, 2.05) is 31.6 Å². The van der Waals surface area contributed by atoms with E-state index in [1.54, 1.807) is 10.7 Å². The number of halogens is 4. The number of alkyl halides is 3. The van der Waals surface area contributed by atoms with Crippen molar-refractivity contribution >= 4 is 45.2 Å². The Morgan fingerprint density at radius 3 is 2.47 bits per heavy atom. The van der Waals surface area contributed by atoms with Crippen LogP contribution in [0.4, 0.5) is 18.9 Å². The molecule has 1 aliphatic heterocycles. The summed E-state index contributed by atoms with van der Waals surface area (Å²) in [5, 5.41) is 26.9. The molecule has 1 aromatic carbocycles. The van der Waals surface area contributed by atoms with Gasteiger partial charge in [-0.3, -0.25) is 4.68 Å². The van der Waals surface area contributed by atoms with Crippen LogP contribution in [0.1, 0.15) is 19.4 Å². The summed E-state index contributed by atoms with van der Waals surface area (Å²) in [5.74, 6) is -2.76. The molecule has 5 rings (SSSR count). The van der Waals surface area contributed by atoms with Crippen LogP contribution in [0.2, 0.25) is 5.02 Å². The summed E-state index contributed by atoms with van der Waals surface area (Å²) in [6, 6.07) is 10.7. The first kappa shape index (κ1) is 27.1. The molecule has 0 bridgehead atoms. The molecule has 1 saturated heterocycles. The predicted molar refractivity (Wildman–Crippen MR) is 137 cm³/mol. The number of rotatable bonds is 2. The number of aromatic nitrogens is 4. The lowest BCUT2D eigenvalue weighted by Gasteiger charge is -2.37. The smallest absolute Gasteiger partial charge is 0.475 e. The SMILES string of the molecule is C[C@@H]1CN(c2cnc3nc(-c4cc(C#N)c5nn(C)cc5c4)cc(Cl)c3c2)C[C@H](C)N1.O=C(O)C(F)(F)F. The van der Waals surface area contributed by atoms with Gasteiger partial charge in [-0.05, 0) is 38.1 Å². The van der Waals surface area contributed by atoms with Crippen molar-refractivity contribution < 1.29 is 23.1 Å². The highest BCUT2D eigenvalue weighted by Gasteiger charge is 2.38. The summed E-state index contributed by atoms with van der Waals surface area (Å²) in [6.07, 6.45) is -1.33. The van der Waals surface area contributed by atoms with Gasteiger partial charge in [-0.25, -0.2) is 14.8 Å². The van der Waals surface area contributed by atoms with Gasteiger partial charge in [-0.2, -0.15) is 23.5 Å². The summed E-state index contributed by atoms with van der Waals surface area (Å²) in [4.78, 5) is 20.6. The summed E-state index contributed by atoms with van der Waals surface area (Å²) in [5.41, 5.74) is 4.33. The largest absolute Gasteiger partial charge is 0.490 e. The van der Waals surface area contributed by atoms with Crippen LogP contribution in [-0.2, 0) is 11.8 Å². The maximum atomic E-state index is 10.6. The molecule has 198 valence electrons. The van der Waals surface area contributed by atoms with Crippen LogP contribution in [0.5, 0.6) is 0 Å². The van der Waals surface area contributed by atoms with E-state index in [4.69, 9.17) is 26.5 Å². The number of hydrogen-bond donors (Lipinski definition) is 2. The number of benzene rings is 1. The fourth-order valence-electron chi connectivity index (χ4n) is 4.40. The molecule has 2 N–H and O–H groups in total. The molecule has 9 nitrogen and oxygen atoms in total. The van der Waals surface area contributed by atoms with E-state index in [9.17, 15) is 18.4 Å². The van der Waals surface area contributed by atoms with Gasteiger partial charge in [0.25, 0.3) is 0 Å². The lowest BCUT2D eigenvalue weighted by atomic mass is 10.0. The fraction of sp³-hybridized carbons (Fsp3) is 0.320. The van der Waals surface area contributed by atoms with Crippen molar-refractivity contribution in [1.82, 2.24) is 25.1 Å². The Kier molecular flexibility index (Phi) is 7.44. The standard InChI is InChI=1S/C23H22ClN7.C2HF3O2/c1-13-10-31(11-14(2)27-13)18-6-19-20(24)7-21(28-23(19)26-9-18)15-4-16(8-25)22-17(5-15)12-30(3)29-22;3-2(4,5)1(6)7/h4-7,9,12-14,27H,10-11H2,1-3H3;(H,6,7)/t13-,14+;. The zero-order chi connectivity index (χ0) is 27.8. The van der Waals surface area contributed by atoms with E-state index in [0.717, 1.165) is 35.1 Å². The van der Waals surface area contributed by atoms with Gasteiger partial charge in [0.15, 0.2) is 5.65 Å². The zero-order valence-electron chi connectivity index (χ0n) is 20.6. The van der Waals surface area contributed by atoms with Gasteiger partial charge < -0.3 is 15.3 Å². The van der Waals surface area contributed by atoms with Crippen molar-refractivity contribution in [2.45, 2.75) is 32.1 Å². The maximum Gasteiger partial charge on any atom is 0.490 e. The quantitative estimate of drug-likeness (QED) is 0.377. The monoisotopic (exact) mass is 545 g/mol. The minimum Gasteiger partial charge on any atom is -0.475 e. The molecule has 4 heterocycles. The highest BCUT2D eigenvalue weighted by molar-refractivity contribution is 6.35. The molecule has 38 heavy (non-hydrogen) atoms. The molecular weight excluding hydrogens is 523 g/mol. The molecule has 3 aromatic heterocycles. The van der Waals surface area contributed by atoms with E-state index in [-0.39, 0.29) is 0 Å². The molecule has 1 fully saturated rings. The Bertz CT molecular complexity index is 1550. The molecule has 0 saturated carbocycles. The van der Waals surface area contributed by atoms with Crippen LogP contribution in [0.3, 0.4) is 0 Å². The molecule has 0 amide bonds. The van der Waals surface area contributed by atoms with Crippen LogP contribution in [0.15, 0.2) is 36.7 Å². The van der Waals surface area contributed by atoms with Crippen molar-refractivity contribution in [1.29, 1.82) is 5.26 Å². The lowest BCUT2D eigenvalue weighted by molar-refractivity contribution is -0.192. The topological polar surface area (TPSA) is 120 Å². The molecular formula is C25H23ClF3N7O2. The van der Waals surface area contributed by atoms with Crippen molar-refractivity contribution in [3.05, 3.63) is 47.2 Å². The predicted octanol–water partition coefficient (Wildman–Crippen LogP) is 4.53. The zero-order valence-corrected chi connectivity index (χ0v) is 21.3. The van der Waals surface area contributed by atoms with Crippen LogP contribution in [0, 0.1) is 11.3 Å². The number of nitrogens with zero attached hydrogens (tertiary/aromatic N) is 6. The molecule has 4 aromatic rings. The number of carboxylic acid groups (broad SMARTS) is 1. The third kappa shape index (κ3) is 5.79. The number of fused-ring (bicyclic) bond motifs is 2. The van der Waals surface area contributed by atoms with E-state index >= 15 is 0 Å². The third-order valence-corrected chi connectivity index (χ3v) is 6.22. The van der Waals surface area contributed by atoms with Gasteiger partial charge >= 0.3 is 12.1 Å². The number of hydrogen-bond acceptors (Lipinski definition) is 7. The number of piperazine rings is 1. The second-order valence-electron chi connectivity index (χ2n) is 9.11. The number of anilines is 1. The van der Waals surface area contributed by atoms with Crippen molar-refractivity contribution in [3.8, 4) is 17.3 Å². The number of carbonyl (C=O) groups is 1. The van der Waals surface area contributed by atoms with Gasteiger partial charge in [0.05, 0.1) is 28.2 Å². The third-order valence-electron chi connectivity index (χ3n) is 5.90. The second kappa shape index (κ2) is 10.4. The number of aryl methyl sites for hydroxylation is 1. The van der Waals surface area contributed by atoms with Crippen LogP contribution in [-0.4, -0.2) is 62.2 Å². The van der Waals surface area contributed by atoms with Gasteiger partial charge in [0.2, 0.25) is 0 Å². The van der Waals surface area contributed by atoms with Gasteiger partial charge in [-0.1, -0.05) is 11.6 Å². The van der Waals surface area contributed by atoms with Gasteiger partial charge in [0, 0.05) is 54.8 Å². The molecule has 0 unspecified atom stereocenters. The first-order valence-corrected chi connectivity index (χ1v) is 11.9. The highest BCUT2D eigenvalue weighted by atomic mass is 35.5. The summed E-state index contributed by atoms with van der Waals surface area (Å²) >= 11 is 6.68. The fourth-order valence-corrected chi connectivity index (χ4v) is 4.64. The number of nitrogens with one attached hydrogen (secondary N) is 1. The number of aliphatic carboxylic acids is 1. The van der Waals surface area contributed by atoms with E-state index in [1.165, 1.54) is 0 Å². The first-order valence-electron chi connectivity index (χ1n) is 11.5. The van der Waals surface area contributed by atoms with Crippen LogP contribution >= 0.6 is 11.6 Å². The molecule has 13 heteroatoms. The van der Waals surface area contributed by atoms with E-state index in [2.05, 4.69) is 46.3 Å². The Morgan fingerprint density at radius 2 is 1.87 bits per heavy atom. The van der Waals surface area contributed by atoms with Crippen LogP contribution in [0.25, 0.3) is 33.2 Å².